The number of carbonyl (C=O) groups is 1. The van der Waals surface area contributed by atoms with Gasteiger partial charge in [0.25, 0.3) is 0 Å². The number of likely N-dealkylation sites (N-methyl/N-ethyl adjacent to an activating group) is 1. The van der Waals surface area contributed by atoms with Gasteiger partial charge in [0.2, 0.25) is 5.91 Å². The molecule has 0 aliphatic heterocycles. The minimum atomic E-state index is 0. The van der Waals surface area contributed by atoms with E-state index in [4.69, 9.17) is 9.72 Å². The summed E-state index contributed by atoms with van der Waals surface area (Å²) in [6.07, 6.45) is 0.316. The van der Waals surface area contributed by atoms with Crippen molar-refractivity contribution >= 4 is 45.0 Å². The van der Waals surface area contributed by atoms with Crippen molar-refractivity contribution in [1.29, 1.82) is 0 Å². The third-order valence-corrected chi connectivity index (χ3v) is 5.75. The first kappa shape index (κ1) is 23.1. The van der Waals surface area contributed by atoms with Crippen molar-refractivity contribution in [1.82, 2.24) is 9.88 Å². The summed E-state index contributed by atoms with van der Waals surface area (Å²) in [6, 6.07) is 13.8. The van der Waals surface area contributed by atoms with E-state index in [2.05, 4.69) is 30.9 Å². The minimum absolute atomic E-state index is 0. The number of aromatic nitrogens is 1. The molecule has 1 amide bonds. The summed E-state index contributed by atoms with van der Waals surface area (Å²) in [7, 11) is 4.01. The first-order valence-corrected chi connectivity index (χ1v) is 10.3. The fraction of sp³-hybridized carbons (Fsp3) is 0.364. The molecule has 0 fully saturated rings. The quantitative estimate of drug-likeness (QED) is 0.516. The summed E-state index contributed by atoms with van der Waals surface area (Å²) in [5.74, 6) is 0.812. The topological polar surface area (TPSA) is 45.7 Å². The highest BCUT2D eigenvalue weighted by Gasteiger charge is 2.20. The molecule has 0 saturated carbocycles. The molecular formula is C22H28ClN3O2S. The predicted octanol–water partition coefficient (Wildman–Crippen LogP) is 4.70. The lowest BCUT2D eigenvalue weighted by Crippen LogP contribution is -2.37. The summed E-state index contributed by atoms with van der Waals surface area (Å²) in [5.41, 5.74) is 3.38. The van der Waals surface area contributed by atoms with Crippen LogP contribution in [-0.2, 0) is 4.79 Å². The van der Waals surface area contributed by atoms with Crippen molar-refractivity contribution in [3.8, 4) is 5.75 Å². The maximum absolute atomic E-state index is 13.0. The molecule has 2 aromatic carbocycles. The Balaban J connectivity index is 0.00000300. The lowest BCUT2D eigenvalue weighted by atomic mass is 10.1. The Morgan fingerprint density at radius 2 is 1.79 bits per heavy atom. The van der Waals surface area contributed by atoms with Gasteiger partial charge in [0.1, 0.15) is 5.75 Å². The van der Waals surface area contributed by atoms with E-state index < -0.39 is 0 Å². The highest BCUT2D eigenvalue weighted by atomic mass is 35.5. The number of fused-ring (bicyclic) bond motifs is 1. The molecule has 156 valence electrons. The van der Waals surface area contributed by atoms with Gasteiger partial charge in [0.05, 0.1) is 23.2 Å². The first-order valence-electron chi connectivity index (χ1n) is 9.45. The monoisotopic (exact) mass is 433 g/mol. The zero-order chi connectivity index (χ0) is 20.1. The van der Waals surface area contributed by atoms with Crippen molar-refractivity contribution in [2.24, 2.45) is 0 Å². The standard InChI is InChI=1S/C22H27N3O2S.ClH/c1-16-10-11-19-21(17(16)2)23-22(28-19)25(14-13-24(3)4)20(26)12-15-27-18-8-6-5-7-9-18;/h5-11H,12-15H2,1-4H3;1H. The molecule has 1 aromatic heterocycles. The van der Waals surface area contributed by atoms with Crippen LogP contribution in [0, 0.1) is 13.8 Å². The Hall–Kier alpha value is -2.15. The Labute approximate surface area is 182 Å². The normalized spacial score (nSPS) is 10.8. The average Bonchev–Trinajstić information content (AvgIpc) is 3.10. The maximum Gasteiger partial charge on any atom is 0.232 e. The number of amides is 1. The zero-order valence-electron chi connectivity index (χ0n) is 17.3. The highest BCUT2D eigenvalue weighted by molar-refractivity contribution is 7.22. The summed E-state index contributed by atoms with van der Waals surface area (Å²) in [6.45, 7) is 5.91. The highest BCUT2D eigenvalue weighted by Crippen LogP contribution is 2.32. The number of halogens is 1. The van der Waals surface area contributed by atoms with Crippen LogP contribution >= 0.6 is 23.7 Å². The number of benzene rings is 2. The van der Waals surface area contributed by atoms with Gasteiger partial charge < -0.3 is 9.64 Å². The van der Waals surface area contributed by atoms with Crippen LogP contribution in [0.5, 0.6) is 5.75 Å². The van der Waals surface area contributed by atoms with E-state index in [1.807, 2.05) is 44.4 Å². The predicted molar refractivity (Wildman–Crippen MR) is 124 cm³/mol. The summed E-state index contributed by atoms with van der Waals surface area (Å²) in [5, 5.41) is 0.760. The number of hydrogen-bond donors (Lipinski definition) is 0. The van der Waals surface area contributed by atoms with E-state index in [9.17, 15) is 4.79 Å². The molecule has 0 spiro atoms. The van der Waals surface area contributed by atoms with Gasteiger partial charge >= 0.3 is 0 Å². The van der Waals surface area contributed by atoms with Crippen LogP contribution in [0.1, 0.15) is 17.5 Å². The Morgan fingerprint density at radius 3 is 2.48 bits per heavy atom. The van der Waals surface area contributed by atoms with Crippen molar-refractivity contribution in [3.63, 3.8) is 0 Å². The molecule has 1 heterocycles. The molecular weight excluding hydrogens is 406 g/mol. The summed E-state index contributed by atoms with van der Waals surface area (Å²) < 4.78 is 6.82. The molecule has 0 aliphatic rings. The molecule has 5 nitrogen and oxygen atoms in total. The second-order valence-corrected chi connectivity index (χ2v) is 8.12. The van der Waals surface area contributed by atoms with Crippen LogP contribution in [0.2, 0.25) is 0 Å². The zero-order valence-corrected chi connectivity index (χ0v) is 19.0. The first-order chi connectivity index (χ1) is 13.5. The van der Waals surface area contributed by atoms with Gasteiger partial charge in [-0.3, -0.25) is 9.69 Å². The lowest BCUT2D eigenvalue weighted by molar-refractivity contribution is -0.119. The van der Waals surface area contributed by atoms with Gasteiger partial charge in [-0.2, -0.15) is 0 Å². The largest absolute Gasteiger partial charge is 0.493 e. The SMILES string of the molecule is Cc1ccc2sc(N(CCN(C)C)C(=O)CCOc3ccccc3)nc2c1C.Cl. The number of carbonyl (C=O) groups excluding carboxylic acids is 1. The van der Waals surface area contributed by atoms with Crippen molar-refractivity contribution < 1.29 is 9.53 Å². The second-order valence-electron chi connectivity index (χ2n) is 7.11. The maximum atomic E-state index is 13.0. The molecule has 7 heteroatoms. The number of ether oxygens (including phenoxy) is 1. The molecule has 0 radical (unpaired) electrons. The third kappa shape index (κ3) is 5.92. The van der Waals surface area contributed by atoms with E-state index in [1.165, 1.54) is 11.1 Å². The van der Waals surface area contributed by atoms with Crippen LogP contribution < -0.4 is 9.64 Å². The average molecular weight is 434 g/mol. The third-order valence-electron chi connectivity index (χ3n) is 4.70. The van der Waals surface area contributed by atoms with Crippen molar-refractivity contribution in [2.45, 2.75) is 20.3 Å². The molecule has 0 aliphatic carbocycles. The van der Waals surface area contributed by atoms with Gasteiger partial charge in [0.15, 0.2) is 5.13 Å². The van der Waals surface area contributed by atoms with Crippen LogP contribution in [0.25, 0.3) is 10.2 Å². The van der Waals surface area contributed by atoms with Crippen LogP contribution in [0.4, 0.5) is 5.13 Å². The summed E-state index contributed by atoms with van der Waals surface area (Å²) in [4.78, 5) is 21.6. The van der Waals surface area contributed by atoms with Crippen LogP contribution in [0.3, 0.4) is 0 Å². The van der Waals surface area contributed by atoms with Crippen molar-refractivity contribution in [2.75, 3.05) is 38.7 Å². The number of nitrogens with zero attached hydrogens (tertiary/aromatic N) is 3. The number of rotatable bonds is 8. The van der Waals surface area contributed by atoms with Crippen LogP contribution in [-0.4, -0.2) is 49.6 Å². The van der Waals surface area contributed by atoms with E-state index in [0.717, 1.165) is 27.6 Å². The molecule has 3 aromatic rings. The minimum Gasteiger partial charge on any atom is -0.493 e. The fourth-order valence-electron chi connectivity index (χ4n) is 2.86. The van der Waals surface area contributed by atoms with Gasteiger partial charge in [-0.25, -0.2) is 4.98 Å². The smallest absolute Gasteiger partial charge is 0.232 e. The Kier molecular flexibility index (Phi) is 8.44. The van der Waals surface area contributed by atoms with E-state index in [-0.39, 0.29) is 18.3 Å². The number of anilines is 1. The number of thiazole rings is 1. The van der Waals surface area contributed by atoms with Crippen LogP contribution in [0.15, 0.2) is 42.5 Å². The van der Waals surface area contributed by atoms with Gasteiger partial charge in [-0.05, 0) is 57.3 Å². The molecule has 0 N–H and O–H groups in total. The summed E-state index contributed by atoms with van der Waals surface area (Å²) >= 11 is 1.57. The van der Waals surface area contributed by atoms with E-state index >= 15 is 0 Å². The molecule has 0 unspecified atom stereocenters. The van der Waals surface area contributed by atoms with Gasteiger partial charge in [0, 0.05) is 13.1 Å². The Morgan fingerprint density at radius 1 is 1.07 bits per heavy atom. The number of aryl methyl sites for hydroxylation is 2. The van der Waals surface area contributed by atoms with Crippen molar-refractivity contribution in [3.05, 3.63) is 53.6 Å². The molecule has 0 atom stereocenters. The Bertz CT molecular complexity index is 944. The van der Waals surface area contributed by atoms with E-state index in [1.54, 1.807) is 16.2 Å². The number of hydrogen-bond acceptors (Lipinski definition) is 5. The number of para-hydroxylation sites is 1. The molecule has 0 saturated heterocycles. The van der Waals surface area contributed by atoms with E-state index in [0.29, 0.717) is 19.6 Å². The second kappa shape index (κ2) is 10.6. The fourth-order valence-corrected chi connectivity index (χ4v) is 3.93. The van der Waals surface area contributed by atoms with Gasteiger partial charge in [-0.15, -0.1) is 12.4 Å². The lowest BCUT2D eigenvalue weighted by Gasteiger charge is -2.22. The molecule has 29 heavy (non-hydrogen) atoms. The molecule has 0 bridgehead atoms. The van der Waals surface area contributed by atoms with Gasteiger partial charge in [-0.1, -0.05) is 35.6 Å². The molecule has 3 rings (SSSR count).